The number of halogens is 3. The first kappa shape index (κ1) is 21.0. The number of ether oxygens (including phenoxy) is 1. The van der Waals surface area contributed by atoms with Gasteiger partial charge in [-0.15, -0.1) is 0 Å². The quantitative estimate of drug-likeness (QED) is 0.787. The maximum absolute atomic E-state index is 12.9. The number of nitrogens with one attached hydrogen (secondary N) is 1. The molecule has 1 N–H and O–H groups in total. The summed E-state index contributed by atoms with van der Waals surface area (Å²) in [6.45, 7) is 1.14. The van der Waals surface area contributed by atoms with Crippen LogP contribution in [0.5, 0.6) is 5.75 Å². The van der Waals surface area contributed by atoms with Crippen LogP contribution >= 0.6 is 0 Å². The Morgan fingerprint density at radius 1 is 1.10 bits per heavy atom. The molecule has 2 aromatic carbocycles. The Morgan fingerprint density at radius 2 is 1.79 bits per heavy atom. The number of sulfonamides is 1. The van der Waals surface area contributed by atoms with Gasteiger partial charge >= 0.3 is 6.18 Å². The van der Waals surface area contributed by atoms with Crippen LogP contribution in [0, 0.1) is 0 Å². The third-order valence-electron chi connectivity index (χ3n) is 4.55. The van der Waals surface area contributed by atoms with Gasteiger partial charge in [-0.2, -0.15) is 13.2 Å². The highest BCUT2D eigenvalue weighted by molar-refractivity contribution is 7.92. The molecule has 0 spiro atoms. The summed E-state index contributed by atoms with van der Waals surface area (Å²) in [5.74, 6) is -0.129. The zero-order valence-electron chi connectivity index (χ0n) is 15.5. The highest BCUT2D eigenvalue weighted by Crippen LogP contribution is 2.32. The molecule has 1 fully saturated rings. The van der Waals surface area contributed by atoms with Crippen molar-refractivity contribution in [3.63, 3.8) is 0 Å². The number of methoxy groups -OCH3 is 1. The van der Waals surface area contributed by atoms with Gasteiger partial charge in [-0.25, -0.2) is 8.42 Å². The van der Waals surface area contributed by atoms with Crippen molar-refractivity contribution in [2.24, 2.45) is 0 Å². The number of hydrogen-bond donors (Lipinski definition) is 1. The van der Waals surface area contributed by atoms with Crippen LogP contribution in [-0.4, -0.2) is 39.4 Å². The lowest BCUT2D eigenvalue weighted by Gasteiger charge is -2.18. The molecule has 1 saturated heterocycles. The number of carbonyl (C=O) groups is 1. The summed E-state index contributed by atoms with van der Waals surface area (Å²) < 4.78 is 71.3. The van der Waals surface area contributed by atoms with E-state index in [-0.39, 0.29) is 27.8 Å². The Morgan fingerprint density at radius 3 is 2.41 bits per heavy atom. The van der Waals surface area contributed by atoms with E-state index in [9.17, 15) is 26.4 Å². The summed E-state index contributed by atoms with van der Waals surface area (Å²) in [5.41, 5.74) is -1.12. The molecule has 1 amide bonds. The van der Waals surface area contributed by atoms with E-state index in [0.717, 1.165) is 25.0 Å². The number of carbonyl (C=O) groups excluding carboxylic acids is 1. The Kier molecular flexibility index (Phi) is 5.74. The van der Waals surface area contributed by atoms with Crippen molar-refractivity contribution in [2.45, 2.75) is 23.9 Å². The number of nitrogens with zero attached hydrogens (tertiary/aromatic N) is 1. The maximum Gasteiger partial charge on any atom is 0.416 e. The van der Waals surface area contributed by atoms with E-state index >= 15 is 0 Å². The molecule has 0 atom stereocenters. The second kappa shape index (κ2) is 7.94. The predicted octanol–water partition coefficient (Wildman–Crippen LogP) is 3.75. The summed E-state index contributed by atoms with van der Waals surface area (Å²) in [6.07, 6.45) is -2.87. The maximum atomic E-state index is 12.9. The summed E-state index contributed by atoms with van der Waals surface area (Å²) in [4.78, 5) is 14.1. The number of hydrogen-bond acceptors (Lipinski definition) is 4. The van der Waals surface area contributed by atoms with Crippen molar-refractivity contribution in [2.75, 3.05) is 24.9 Å². The van der Waals surface area contributed by atoms with Gasteiger partial charge in [0.15, 0.2) is 0 Å². The Bertz CT molecular complexity index is 1020. The molecule has 0 bridgehead atoms. The molecule has 2 aromatic rings. The van der Waals surface area contributed by atoms with E-state index in [1.165, 1.54) is 31.4 Å². The monoisotopic (exact) mass is 428 g/mol. The van der Waals surface area contributed by atoms with Crippen molar-refractivity contribution in [1.29, 1.82) is 0 Å². The van der Waals surface area contributed by atoms with Gasteiger partial charge in [0.2, 0.25) is 0 Å². The molecule has 0 radical (unpaired) electrons. The fourth-order valence-corrected chi connectivity index (χ4v) is 4.16. The number of anilines is 1. The van der Waals surface area contributed by atoms with Crippen LogP contribution in [0.4, 0.5) is 18.9 Å². The van der Waals surface area contributed by atoms with Crippen molar-refractivity contribution < 1.29 is 31.1 Å². The summed E-state index contributed by atoms with van der Waals surface area (Å²) in [5, 5.41) is 0. The van der Waals surface area contributed by atoms with Crippen molar-refractivity contribution >= 4 is 21.6 Å². The molecule has 0 aromatic heterocycles. The second-order valence-electron chi connectivity index (χ2n) is 6.55. The summed E-state index contributed by atoms with van der Waals surface area (Å²) >= 11 is 0. The Hall–Kier alpha value is -2.75. The highest BCUT2D eigenvalue weighted by atomic mass is 32.2. The highest BCUT2D eigenvalue weighted by Gasteiger charge is 2.31. The van der Waals surface area contributed by atoms with Gasteiger partial charge in [0.1, 0.15) is 5.75 Å². The molecule has 6 nitrogen and oxygen atoms in total. The van der Waals surface area contributed by atoms with Crippen LogP contribution in [0.3, 0.4) is 0 Å². The number of benzene rings is 2. The molecule has 29 heavy (non-hydrogen) atoms. The van der Waals surface area contributed by atoms with E-state index in [2.05, 4.69) is 4.72 Å². The molecule has 0 saturated carbocycles. The third-order valence-corrected chi connectivity index (χ3v) is 5.93. The van der Waals surface area contributed by atoms with Gasteiger partial charge in [-0.1, -0.05) is 6.07 Å². The molecule has 156 valence electrons. The molecule has 1 heterocycles. The largest absolute Gasteiger partial charge is 0.496 e. The van der Waals surface area contributed by atoms with E-state index in [1.807, 2.05) is 0 Å². The van der Waals surface area contributed by atoms with Crippen LogP contribution in [-0.2, 0) is 16.2 Å². The lowest BCUT2D eigenvalue weighted by molar-refractivity contribution is -0.137. The lowest BCUT2D eigenvalue weighted by Crippen LogP contribution is -2.28. The van der Waals surface area contributed by atoms with E-state index < -0.39 is 21.8 Å². The van der Waals surface area contributed by atoms with Gasteiger partial charge in [0, 0.05) is 18.8 Å². The van der Waals surface area contributed by atoms with Crippen molar-refractivity contribution in [3.8, 4) is 5.75 Å². The lowest BCUT2D eigenvalue weighted by atomic mass is 10.1. The zero-order chi connectivity index (χ0) is 21.2. The van der Waals surface area contributed by atoms with Gasteiger partial charge in [0.05, 0.1) is 23.1 Å². The Labute approximate surface area is 166 Å². The molecule has 0 unspecified atom stereocenters. The molecule has 1 aliphatic heterocycles. The number of likely N-dealkylation sites (tertiary alicyclic amines) is 1. The van der Waals surface area contributed by atoms with Gasteiger partial charge in [-0.3, -0.25) is 9.52 Å². The van der Waals surface area contributed by atoms with E-state index in [4.69, 9.17) is 4.74 Å². The molecule has 0 aliphatic carbocycles. The number of alkyl halides is 3. The van der Waals surface area contributed by atoms with E-state index in [0.29, 0.717) is 19.2 Å². The first-order valence-electron chi connectivity index (χ1n) is 8.79. The van der Waals surface area contributed by atoms with Crippen LogP contribution in [0.1, 0.15) is 28.8 Å². The predicted molar refractivity (Wildman–Crippen MR) is 100 cm³/mol. The smallest absolute Gasteiger partial charge is 0.416 e. The van der Waals surface area contributed by atoms with Gasteiger partial charge in [0.25, 0.3) is 15.9 Å². The first-order chi connectivity index (χ1) is 13.6. The van der Waals surface area contributed by atoms with E-state index in [1.54, 1.807) is 4.90 Å². The van der Waals surface area contributed by atoms with Crippen LogP contribution in [0.2, 0.25) is 0 Å². The Balaban J connectivity index is 1.93. The normalized spacial score (nSPS) is 14.7. The van der Waals surface area contributed by atoms with Crippen LogP contribution < -0.4 is 9.46 Å². The van der Waals surface area contributed by atoms with Gasteiger partial charge in [-0.05, 0) is 49.2 Å². The minimum atomic E-state index is -4.60. The average molecular weight is 428 g/mol. The third kappa shape index (κ3) is 4.64. The zero-order valence-corrected chi connectivity index (χ0v) is 16.3. The van der Waals surface area contributed by atoms with Crippen LogP contribution in [0.25, 0.3) is 0 Å². The average Bonchev–Trinajstić information content (AvgIpc) is 3.21. The minimum absolute atomic E-state index is 0.0846. The standard InChI is InChI=1S/C19H19F3N2O4S/c1-28-17-8-7-15(12-16(17)18(25)24-9-2-3-10-24)29(26,27)23-14-6-4-5-13(11-14)19(20,21)22/h4-8,11-12,23H,2-3,9-10H2,1H3. The van der Waals surface area contributed by atoms with Crippen molar-refractivity contribution in [1.82, 2.24) is 4.90 Å². The summed E-state index contributed by atoms with van der Waals surface area (Å²) in [6, 6.07) is 7.63. The number of amides is 1. The van der Waals surface area contributed by atoms with Crippen LogP contribution in [0.15, 0.2) is 47.4 Å². The minimum Gasteiger partial charge on any atom is -0.496 e. The first-order valence-corrected chi connectivity index (χ1v) is 10.3. The molecule has 3 rings (SSSR count). The summed E-state index contributed by atoms with van der Waals surface area (Å²) in [7, 11) is -2.86. The fourth-order valence-electron chi connectivity index (χ4n) is 3.09. The number of rotatable bonds is 5. The van der Waals surface area contributed by atoms with Crippen molar-refractivity contribution in [3.05, 3.63) is 53.6 Å². The fraction of sp³-hybridized carbons (Fsp3) is 0.316. The molecule has 10 heteroatoms. The second-order valence-corrected chi connectivity index (χ2v) is 8.23. The molecular formula is C19H19F3N2O4S. The molecule has 1 aliphatic rings. The molecular weight excluding hydrogens is 409 g/mol. The van der Waals surface area contributed by atoms with Gasteiger partial charge < -0.3 is 9.64 Å². The topological polar surface area (TPSA) is 75.7 Å². The SMILES string of the molecule is COc1ccc(S(=O)(=O)Nc2cccc(C(F)(F)F)c2)cc1C(=O)N1CCCC1.